The number of halogens is 1. The van der Waals surface area contributed by atoms with E-state index in [-0.39, 0.29) is 11.9 Å². The minimum absolute atomic E-state index is 0.151. The van der Waals surface area contributed by atoms with Gasteiger partial charge in [0.15, 0.2) is 11.5 Å². The van der Waals surface area contributed by atoms with Crippen LogP contribution >= 0.6 is 15.9 Å². The maximum Gasteiger partial charge on any atom is 0.337 e. The molecule has 0 spiro atoms. The Labute approximate surface area is 159 Å². The van der Waals surface area contributed by atoms with E-state index in [0.29, 0.717) is 40.1 Å². The summed E-state index contributed by atoms with van der Waals surface area (Å²) >= 11 is 3.43. The summed E-state index contributed by atoms with van der Waals surface area (Å²) < 4.78 is 15.9. The van der Waals surface area contributed by atoms with Gasteiger partial charge in [0.2, 0.25) is 0 Å². The standard InChI is InChI=1S/C19H18BrNO5/c1-24-16-9-13(14(20)10-17(16)25-2)18(22)21-7-6-11-8-12(19(23)26-3)4-5-15(11)21/h4-5,8-10H,6-7H2,1-3H3. The van der Waals surface area contributed by atoms with E-state index >= 15 is 0 Å². The quantitative estimate of drug-likeness (QED) is 0.709. The highest BCUT2D eigenvalue weighted by Gasteiger charge is 2.28. The third-order valence-electron chi connectivity index (χ3n) is 4.34. The number of rotatable bonds is 4. The molecule has 6 nitrogen and oxygen atoms in total. The molecule has 2 aromatic carbocycles. The van der Waals surface area contributed by atoms with Gasteiger partial charge in [-0.2, -0.15) is 0 Å². The zero-order chi connectivity index (χ0) is 18.8. The highest BCUT2D eigenvalue weighted by atomic mass is 79.9. The fraction of sp³-hybridized carbons (Fsp3) is 0.263. The molecule has 0 saturated carbocycles. The highest BCUT2D eigenvalue weighted by Crippen LogP contribution is 2.36. The molecule has 0 aromatic heterocycles. The van der Waals surface area contributed by atoms with Crippen molar-refractivity contribution in [3.05, 3.63) is 51.5 Å². The number of carbonyl (C=O) groups excluding carboxylic acids is 2. The second kappa shape index (κ2) is 7.37. The molecule has 1 aliphatic rings. The van der Waals surface area contributed by atoms with Gasteiger partial charge >= 0.3 is 5.97 Å². The van der Waals surface area contributed by atoms with Gasteiger partial charge in [0.25, 0.3) is 5.91 Å². The average molecular weight is 420 g/mol. The molecule has 26 heavy (non-hydrogen) atoms. The molecule has 0 fully saturated rings. The largest absolute Gasteiger partial charge is 0.493 e. The van der Waals surface area contributed by atoms with Crippen LogP contribution in [-0.2, 0) is 11.2 Å². The zero-order valence-electron chi connectivity index (χ0n) is 14.7. The van der Waals surface area contributed by atoms with E-state index in [1.165, 1.54) is 14.2 Å². The van der Waals surface area contributed by atoms with Crippen molar-refractivity contribution in [3.63, 3.8) is 0 Å². The summed E-state index contributed by atoms with van der Waals surface area (Å²) in [5.41, 5.74) is 2.70. The van der Waals surface area contributed by atoms with E-state index in [9.17, 15) is 9.59 Å². The Bertz CT molecular complexity index is 880. The van der Waals surface area contributed by atoms with E-state index in [2.05, 4.69) is 15.9 Å². The maximum absolute atomic E-state index is 13.1. The van der Waals surface area contributed by atoms with Gasteiger partial charge in [0.05, 0.1) is 32.5 Å². The molecule has 0 aliphatic carbocycles. The molecule has 0 saturated heterocycles. The van der Waals surface area contributed by atoms with Crippen LogP contribution in [0.25, 0.3) is 0 Å². The molecule has 1 heterocycles. The van der Waals surface area contributed by atoms with Gasteiger partial charge in [-0.1, -0.05) is 0 Å². The van der Waals surface area contributed by atoms with Crippen molar-refractivity contribution >= 4 is 33.5 Å². The molecule has 7 heteroatoms. The van der Waals surface area contributed by atoms with E-state index in [4.69, 9.17) is 14.2 Å². The number of hydrogen-bond acceptors (Lipinski definition) is 5. The molecule has 0 radical (unpaired) electrons. The first kappa shape index (κ1) is 18.3. The Balaban J connectivity index is 1.95. The molecule has 0 N–H and O–H groups in total. The predicted molar refractivity (Wildman–Crippen MR) is 100 cm³/mol. The van der Waals surface area contributed by atoms with Crippen LogP contribution in [-0.4, -0.2) is 39.8 Å². The lowest BCUT2D eigenvalue weighted by atomic mass is 10.1. The third kappa shape index (κ3) is 3.14. The van der Waals surface area contributed by atoms with Gasteiger partial charge in [-0.3, -0.25) is 4.79 Å². The topological polar surface area (TPSA) is 65.1 Å². The first-order valence-electron chi connectivity index (χ1n) is 7.94. The number of fused-ring (bicyclic) bond motifs is 1. The molecule has 3 rings (SSSR count). The Kier molecular flexibility index (Phi) is 5.18. The van der Waals surface area contributed by atoms with Crippen molar-refractivity contribution in [2.75, 3.05) is 32.8 Å². The normalized spacial score (nSPS) is 12.5. The van der Waals surface area contributed by atoms with Gasteiger partial charge in [0, 0.05) is 16.7 Å². The molecule has 0 atom stereocenters. The fourth-order valence-corrected chi connectivity index (χ4v) is 3.51. The number of amides is 1. The van der Waals surface area contributed by atoms with E-state index in [0.717, 1.165) is 11.3 Å². The summed E-state index contributed by atoms with van der Waals surface area (Å²) in [5.74, 6) is 0.489. The minimum atomic E-state index is -0.389. The molecule has 136 valence electrons. The van der Waals surface area contributed by atoms with E-state index in [1.807, 2.05) is 0 Å². The Morgan fingerprint density at radius 2 is 1.73 bits per heavy atom. The van der Waals surface area contributed by atoms with Gasteiger partial charge in [-0.25, -0.2) is 4.79 Å². The van der Waals surface area contributed by atoms with Crippen molar-refractivity contribution in [2.45, 2.75) is 6.42 Å². The first-order chi connectivity index (χ1) is 12.5. The Morgan fingerprint density at radius 1 is 1.04 bits per heavy atom. The number of nitrogens with zero attached hydrogens (tertiary/aromatic N) is 1. The van der Waals surface area contributed by atoms with Crippen LogP contribution in [0, 0.1) is 0 Å². The number of benzene rings is 2. The fourth-order valence-electron chi connectivity index (χ4n) is 3.02. The first-order valence-corrected chi connectivity index (χ1v) is 8.74. The second-order valence-corrected chi connectivity index (χ2v) is 6.58. The van der Waals surface area contributed by atoms with Crippen molar-refractivity contribution in [2.24, 2.45) is 0 Å². The average Bonchev–Trinajstić information content (AvgIpc) is 3.09. The molecule has 0 unspecified atom stereocenters. The molecular formula is C19H18BrNO5. The van der Waals surface area contributed by atoms with Crippen molar-refractivity contribution in [1.82, 2.24) is 0 Å². The summed E-state index contributed by atoms with van der Waals surface area (Å²) in [6.45, 7) is 0.541. The van der Waals surface area contributed by atoms with Gasteiger partial charge in [-0.05, 0) is 58.2 Å². The Morgan fingerprint density at radius 3 is 2.38 bits per heavy atom. The molecule has 1 amide bonds. The van der Waals surface area contributed by atoms with Crippen LogP contribution in [0.2, 0.25) is 0 Å². The summed E-state index contributed by atoms with van der Waals surface area (Å²) in [6, 6.07) is 8.59. The van der Waals surface area contributed by atoms with Crippen molar-refractivity contribution < 1.29 is 23.8 Å². The number of hydrogen-bond donors (Lipinski definition) is 0. The van der Waals surface area contributed by atoms with Crippen LogP contribution in [0.5, 0.6) is 11.5 Å². The zero-order valence-corrected chi connectivity index (χ0v) is 16.3. The van der Waals surface area contributed by atoms with Crippen LogP contribution in [0.15, 0.2) is 34.8 Å². The lowest BCUT2D eigenvalue weighted by molar-refractivity contribution is 0.0600. The van der Waals surface area contributed by atoms with E-state index < -0.39 is 0 Å². The van der Waals surface area contributed by atoms with Crippen LogP contribution in [0.4, 0.5) is 5.69 Å². The number of ether oxygens (including phenoxy) is 3. The maximum atomic E-state index is 13.1. The summed E-state index contributed by atoms with van der Waals surface area (Å²) in [6.07, 6.45) is 0.677. The number of carbonyl (C=O) groups is 2. The number of anilines is 1. The number of methoxy groups -OCH3 is 3. The number of esters is 1. The third-order valence-corrected chi connectivity index (χ3v) is 5.00. The van der Waals surface area contributed by atoms with E-state index in [1.54, 1.807) is 42.3 Å². The monoisotopic (exact) mass is 419 g/mol. The lowest BCUT2D eigenvalue weighted by Gasteiger charge is -2.19. The second-order valence-electron chi connectivity index (χ2n) is 5.73. The molecule has 2 aromatic rings. The minimum Gasteiger partial charge on any atom is -0.493 e. The van der Waals surface area contributed by atoms with Crippen LogP contribution < -0.4 is 14.4 Å². The molecule has 0 bridgehead atoms. The lowest BCUT2D eigenvalue weighted by Crippen LogP contribution is -2.29. The van der Waals surface area contributed by atoms with Gasteiger partial charge in [0.1, 0.15) is 0 Å². The summed E-state index contributed by atoms with van der Waals surface area (Å²) in [4.78, 5) is 26.5. The predicted octanol–water partition coefficient (Wildman–Crippen LogP) is 3.46. The Hall–Kier alpha value is -2.54. The smallest absolute Gasteiger partial charge is 0.337 e. The van der Waals surface area contributed by atoms with Crippen molar-refractivity contribution in [3.8, 4) is 11.5 Å². The summed E-state index contributed by atoms with van der Waals surface area (Å²) in [5, 5.41) is 0. The SMILES string of the molecule is COC(=O)c1ccc2c(c1)CCN2C(=O)c1cc(OC)c(OC)cc1Br. The van der Waals surface area contributed by atoms with Crippen LogP contribution in [0.3, 0.4) is 0 Å². The summed E-state index contributed by atoms with van der Waals surface area (Å²) in [7, 11) is 4.42. The van der Waals surface area contributed by atoms with Crippen molar-refractivity contribution in [1.29, 1.82) is 0 Å². The molecule has 1 aliphatic heterocycles. The van der Waals surface area contributed by atoms with Crippen LogP contribution in [0.1, 0.15) is 26.3 Å². The highest BCUT2D eigenvalue weighted by molar-refractivity contribution is 9.10. The molecular weight excluding hydrogens is 402 g/mol. The van der Waals surface area contributed by atoms with Gasteiger partial charge in [-0.15, -0.1) is 0 Å². The van der Waals surface area contributed by atoms with Gasteiger partial charge < -0.3 is 19.1 Å².